The number of benzene rings is 1. The van der Waals surface area contributed by atoms with Crippen LogP contribution in [0.5, 0.6) is 0 Å². The Morgan fingerprint density at radius 1 is 1.40 bits per heavy atom. The number of nitrogens with one attached hydrogen (secondary N) is 1. The van der Waals surface area contributed by atoms with E-state index in [4.69, 9.17) is 5.26 Å². The fraction of sp³-hybridized carbons (Fsp3) is 0.333. The zero-order valence-electron chi connectivity index (χ0n) is 8.36. The normalized spacial score (nSPS) is 18.7. The molecule has 0 radical (unpaired) electrons. The van der Waals surface area contributed by atoms with Crippen molar-refractivity contribution in [2.24, 2.45) is 5.92 Å². The van der Waals surface area contributed by atoms with Crippen molar-refractivity contribution >= 4 is 5.91 Å². The highest BCUT2D eigenvalue weighted by atomic mass is 16.1. The van der Waals surface area contributed by atoms with Gasteiger partial charge in [-0.05, 0) is 30.4 Å². The second-order valence-corrected chi connectivity index (χ2v) is 3.81. The molecule has 76 valence electrons. The Bertz CT molecular complexity index is 420. The molecule has 0 aliphatic heterocycles. The van der Waals surface area contributed by atoms with Crippen LogP contribution in [0.3, 0.4) is 0 Å². The number of fused-ring (bicyclic) bond motifs is 1. The third kappa shape index (κ3) is 1.99. The highest BCUT2D eigenvalue weighted by molar-refractivity contribution is 5.80. The van der Waals surface area contributed by atoms with E-state index in [0.717, 1.165) is 19.3 Å². The van der Waals surface area contributed by atoms with E-state index in [2.05, 4.69) is 17.4 Å². The lowest BCUT2D eigenvalue weighted by atomic mass is 9.83. The SMILES string of the molecule is N#CNC(=O)C1CCc2ccccc2C1. The average molecular weight is 200 g/mol. The summed E-state index contributed by atoms with van der Waals surface area (Å²) in [5.41, 5.74) is 2.57. The molecule has 1 aromatic rings. The largest absolute Gasteiger partial charge is 0.274 e. The van der Waals surface area contributed by atoms with E-state index < -0.39 is 0 Å². The highest BCUT2D eigenvalue weighted by Gasteiger charge is 2.23. The average Bonchev–Trinajstić information content (AvgIpc) is 2.29. The number of nitriles is 1. The van der Waals surface area contributed by atoms with Gasteiger partial charge in [0.1, 0.15) is 0 Å². The van der Waals surface area contributed by atoms with Gasteiger partial charge < -0.3 is 0 Å². The van der Waals surface area contributed by atoms with Crippen LogP contribution in [0.4, 0.5) is 0 Å². The van der Waals surface area contributed by atoms with Crippen molar-refractivity contribution < 1.29 is 4.79 Å². The quantitative estimate of drug-likeness (QED) is 0.550. The van der Waals surface area contributed by atoms with Crippen LogP contribution in [0.1, 0.15) is 17.5 Å². The van der Waals surface area contributed by atoms with E-state index in [9.17, 15) is 4.79 Å². The molecule has 0 bridgehead atoms. The van der Waals surface area contributed by atoms with Crippen LogP contribution in [-0.2, 0) is 17.6 Å². The molecule has 1 aliphatic rings. The molecule has 0 fully saturated rings. The molecule has 2 rings (SSSR count). The fourth-order valence-corrected chi connectivity index (χ4v) is 2.08. The summed E-state index contributed by atoms with van der Waals surface area (Å²) in [6, 6.07) is 8.17. The number of rotatable bonds is 1. The lowest BCUT2D eigenvalue weighted by Gasteiger charge is -2.22. The standard InChI is InChI=1S/C12H12N2O/c13-8-14-12(15)11-6-5-9-3-1-2-4-10(9)7-11/h1-4,11H,5-7H2,(H,14,15). The van der Waals surface area contributed by atoms with Gasteiger partial charge in [-0.3, -0.25) is 10.1 Å². The maximum Gasteiger partial charge on any atom is 0.236 e. The number of hydrogen-bond donors (Lipinski definition) is 1. The minimum absolute atomic E-state index is 0.0421. The molecular weight excluding hydrogens is 188 g/mol. The summed E-state index contributed by atoms with van der Waals surface area (Å²) in [4.78, 5) is 11.5. The lowest BCUT2D eigenvalue weighted by molar-refractivity contribution is -0.124. The van der Waals surface area contributed by atoms with Crippen molar-refractivity contribution in [1.82, 2.24) is 5.32 Å². The molecular formula is C12H12N2O. The van der Waals surface area contributed by atoms with Crippen LogP contribution in [0.25, 0.3) is 0 Å². The summed E-state index contributed by atoms with van der Waals surface area (Å²) >= 11 is 0. The maximum absolute atomic E-state index is 11.5. The molecule has 0 spiro atoms. The Labute approximate surface area is 88.7 Å². The van der Waals surface area contributed by atoms with Crippen LogP contribution in [0.15, 0.2) is 24.3 Å². The first-order valence-electron chi connectivity index (χ1n) is 5.07. The molecule has 0 aromatic heterocycles. The Morgan fingerprint density at radius 2 is 2.13 bits per heavy atom. The topological polar surface area (TPSA) is 52.9 Å². The molecule has 1 atom stereocenters. The van der Waals surface area contributed by atoms with Gasteiger partial charge in [-0.15, -0.1) is 0 Å². The smallest absolute Gasteiger partial charge is 0.236 e. The maximum atomic E-state index is 11.5. The first-order valence-corrected chi connectivity index (χ1v) is 5.07. The minimum Gasteiger partial charge on any atom is -0.274 e. The van der Waals surface area contributed by atoms with Gasteiger partial charge in [0.2, 0.25) is 5.91 Å². The van der Waals surface area contributed by atoms with Gasteiger partial charge in [0, 0.05) is 5.92 Å². The van der Waals surface area contributed by atoms with E-state index in [1.165, 1.54) is 11.1 Å². The van der Waals surface area contributed by atoms with Crippen molar-refractivity contribution in [2.45, 2.75) is 19.3 Å². The van der Waals surface area contributed by atoms with Crippen molar-refractivity contribution in [1.29, 1.82) is 5.26 Å². The van der Waals surface area contributed by atoms with Gasteiger partial charge in [-0.25, -0.2) is 0 Å². The van der Waals surface area contributed by atoms with Gasteiger partial charge in [-0.2, -0.15) is 5.26 Å². The van der Waals surface area contributed by atoms with Gasteiger partial charge in [0.25, 0.3) is 0 Å². The molecule has 1 aliphatic carbocycles. The Morgan fingerprint density at radius 3 is 2.87 bits per heavy atom. The second kappa shape index (κ2) is 4.14. The molecule has 0 saturated heterocycles. The van der Waals surface area contributed by atoms with Gasteiger partial charge in [0.05, 0.1) is 0 Å². The van der Waals surface area contributed by atoms with E-state index >= 15 is 0 Å². The first kappa shape index (κ1) is 9.72. The molecule has 1 unspecified atom stereocenters. The van der Waals surface area contributed by atoms with Crippen LogP contribution < -0.4 is 5.32 Å². The Hall–Kier alpha value is -1.82. The minimum atomic E-state index is -0.146. The van der Waals surface area contributed by atoms with Crippen LogP contribution in [-0.4, -0.2) is 5.91 Å². The number of carbonyl (C=O) groups is 1. The van der Waals surface area contributed by atoms with Crippen molar-refractivity contribution in [3.8, 4) is 6.19 Å². The zero-order chi connectivity index (χ0) is 10.7. The van der Waals surface area contributed by atoms with E-state index in [-0.39, 0.29) is 11.8 Å². The first-order chi connectivity index (χ1) is 7.31. The molecule has 1 N–H and O–H groups in total. The number of carbonyl (C=O) groups excluding carboxylic acids is 1. The summed E-state index contributed by atoms with van der Waals surface area (Å²) in [6.45, 7) is 0. The molecule has 0 saturated carbocycles. The van der Waals surface area contributed by atoms with E-state index in [1.54, 1.807) is 6.19 Å². The highest BCUT2D eigenvalue weighted by Crippen LogP contribution is 2.25. The molecule has 1 aromatic carbocycles. The van der Waals surface area contributed by atoms with Crippen LogP contribution in [0.2, 0.25) is 0 Å². The Balaban J connectivity index is 2.12. The fourth-order valence-electron chi connectivity index (χ4n) is 2.08. The monoisotopic (exact) mass is 200 g/mol. The Kier molecular flexibility index (Phi) is 2.68. The third-order valence-electron chi connectivity index (χ3n) is 2.90. The van der Waals surface area contributed by atoms with Crippen molar-refractivity contribution in [3.05, 3.63) is 35.4 Å². The third-order valence-corrected chi connectivity index (χ3v) is 2.90. The van der Waals surface area contributed by atoms with E-state index in [0.29, 0.717) is 0 Å². The molecule has 3 heteroatoms. The predicted molar refractivity (Wildman–Crippen MR) is 55.7 cm³/mol. The summed E-state index contributed by atoms with van der Waals surface area (Å²) in [5.74, 6) is -0.188. The molecule has 1 amide bonds. The molecule has 15 heavy (non-hydrogen) atoms. The summed E-state index contributed by atoms with van der Waals surface area (Å²) < 4.78 is 0. The van der Waals surface area contributed by atoms with Crippen LogP contribution in [0, 0.1) is 17.4 Å². The summed E-state index contributed by atoms with van der Waals surface area (Å²) in [5, 5.41) is 10.6. The van der Waals surface area contributed by atoms with Crippen molar-refractivity contribution in [3.63, 3.8) is 0 Å². The van der Waals surface area contributed by atoms with E-state index in [1.807, 2.05) is 12.1 Å². The molecule has 3 nitrogen and oxygen atoms in total. The summed E-state index contributed by atoms with van der Waals surface area (Å²) in [6.07, 6.45) is 4.21. The number of aryl methyl sites for hydroxylation is 1. The number of hydrogen-bond acceptors (Lipinski definition) is 2. The number of nitrogens with zero attached hydrogens (tertiary/aromatic N) is 1. The van der Waals surface area contributed by atoms with Crippen LogP contribution >= 0.6 is 0 Å². The number of amides is 1. The molecule has 0 heterocycles. The zero-order valence-corrected chi connectivity index (χ0v) is 8.36. The summed E-state index contributed by atoms with van der Waals surface area (Å²) in [7, 11) is 0. The second-order valence-electron chi connectivity index (χ2n) is 3.81. The van der Waals surface area contributed by atoms with Gasteiger partial charge in [-0.1, -0.05) is 24.3 Å². The van der Waals surface area contributed by atoms with Gasteiger partial charge >= 0.3 is 0 Å². The predicted octanol–water partition coefficient (Wildman–Crippen LogP) is 1.39. The van der Waals surface area contributed by atoms with Gasteiger partial charge in [0.15, 0.2) is 6.19 Å². The van der Waals surface area contributed by atoms with Crippen molar-refractivity contribution in [2.75, 3.05) is 0 Å². The lowest BCUT2D eigenvalue weighted by Crippen LogP contribution is -2.31.